The van der Waals surface area contributed by atoms with E-state index in [4.69, 9.17) is 0 Å². The predicted octanol–water partition coefficient (Wildman–Crippen LogP) is 10.7. The van der Waals surface area contributed by atoms with E-state index in [0.29, 0.717) is 6.42 Å². The SMILES string of the molecule is CCCCCCCCCCCCCC/C=C/CC/C=C/C(O)C(CO)NC(=O)C(O)CCCCCCCCCCCCCCC. The number of unbranched alkanes of at least 4 members (excludes halogenated alkanes) is 25. The lowest BCUT2D eigenvalue weighted by Crippen LogP contribution is -2.48. The fourth-order valence-electron chi connectivity index (χ4n) is 5.91. The zero-order chi connectivity index (χ0) is 33.1. The Hall–Kier alpha value is -1.17. The van der Waals surface area contributed by atoms with Gasteiger partial charge in [-0.05, 0) is 32.1 Å². The van der Waals surface area contributed by atoms with Gasteiger partial charge in [0.25, 0.3) is 0 Å². The number of rotatable bonds is 35. The highest BCUT2D eigenvalue weighted by atomic mass is 16.3. The van der Waals surface area contributed by atoms with Crippen LogP contribution in [0.1, 0.15) is 200 Å². The minimum absolute atomic E-state index is 0.373. The molecule has 0 fully saturated rings. The van der Waals surface area contributed by atoms with Crippen molar-refractivity contribution in [3.8, 4) is 0 Å². The Morgan fingerprint density at radius 1 is 0.533 bits per heavy atom. The molecule has 3 unspecified atom stereocenters. The van der Waals surface area contributed by atoms with Crippen molar-refractivity contribution in [2.75, 3.05) is 6.61 Å². The molecule has 266 valence electrons. The van der Waals surface area contributed by atoms with Gasteiger partial charge in [-0.3, -0.25) is 4.79 Å². The molecule has 0 bridgehead atoms. The van der Waals surface area contributed by atoms with Gasteiger partial charge in [0.15, 0.2) is 0 Å². The lowest BCUT2D eigenvalue weighted by molar-refractivity contribution is -0.131. The largest absolute Gasteiger partial charge is 0.394 e. The topological polar surface area (TPSA) is 89.8 Å². The zero-order valence-corrected chi connectivity index (χ0v) is 30.0. The minimum atomic E-state index is -1.10. The first kappa shape index (κ1) is 43.8. The van der Waals surface area contributed by atoms with Crippen molar-refractivity contribution in [3.63, 3.8) is 0 Å². The highest BCUT2D eigenvalue weighted by Crippen LogP contribution is 2.15. The fraction of sp³-hybridized carbons (Fsp3) is 0.875. The molecule has 0 aromatic carbocycles. The van der Waals surface area contributed by atoms with Crippen LogP contribution in [0.2, 0.25) is 0 Å². The molecule has 4 N–H and O–H groups in total. The van der Waals surface area contributed by atoms with Crippen LogP contribution in [0.15, 0.2) is 24.3 Å². The minimum Gasteiger partial charge on any atom is -0.394 e. The molecule has 5 nitrogen and oxygen atoms in total. The maximum absolute atomic E-state index is 12.4. The van der Waals surface area contributed by atoms with Gasteiger partial charge in [0.2, 0.25) is 5.91 Å². The van der Waals surface area contributed by atoms with Crippen molar-refractivity contribution >= 4 is 5.91 Å². The van der Waals surface area contributed by atoms with Crippen molar-refractivity contribution in [2.24, 2.45) is 0 Å². The van der Waals surface area contributed by atoms with Crippen LogP contribution in [0.5, 0.6) is 0 Å². The van der Waals surface area contributed by atoms with E-state index >= 15 is 0 Å². The third kappa shape index (κ3) is 31.2. The first-order valence-corrected chi connectivity index (χ1v) is 19.7. The van der Waals surface area contributed by atoms with E-state index < -0.39 is 24.2 Å². The molecule has 1 amide bonds. The smallest absolute Gasteiger partial charge is 0.249 e. The fourth-order valence-corrected chi connectivity index (χ4v) is 5.91. The Morgan fingerprint density at radius 3 is 1.36 bits per heavy atom. The van der Waals surface area contributed by atoms with Crippen molar-refractivity contribution in [2.45, 2.75) is 218 Å². The molecule has 0 heterocycles. The molecule has 0 aliphatic rings. The van der Waals surface area contributed by atoms with Gasteiger partial charge in [0, 0.05) is 0 Å². The highest BCUT2D eigenvalue weighted by Gasteiger charge is 2.22. The zero-order valence-electron chi connectivity index (χ0n) is 30.0. The molecule has 3 atom stereocenters. The number of carbonyl (C=O) groups excluding carboxylic acids is 1. The third-order valence-corrected chi connectivity index (χ3v) is 9.04. The number of hydrogen-bond donors (Lipinski definition) is 4. The van der Waals surface area contributed by atoms with E-state index in [2.05, 4.69) is 31.3 Å². The molecule has 45 heavy (non-hydrogen) atoms. The van der Waals surface area contributed by atoms with E-state index in [0.717, 1.165) is 38.5 Å². The summed E-state index contributed by atoms with van der Waals surface area (Å²) in [4.78, 5) is 12.4. The van der Waals surface area contributed by atoms with Gasteiger partial charge in [-0.15, -0.1) is 0 Å². The first-order valence-electron chi connectivity index (χ1n) is 19.7. The van der Waals surface area contributed by atoms with Gasteiger partial charge in [-0.25, -0.2) is 0 Å². The number of amides is 1. The Morgan fingerprint density at radius 2 is 0.911 bits per heavy atom. The molecule has 0 aliphatic carbocycles. The Bertz CT molecular complexity index is 665. The van der Waals surface area contributed by atoms with Crippen LogP contribution >= 0.6 is 0 Å². The molecule has 0 aromatic heterocycles. The van der Waals surface area contributed by atoms with E-state index in [1.54, 1.807) is 6.08 Å². The average molecular weight is 636 g/mol. The number of carbonyl (C=O) groups is 1. The van der Waals surface area contributed by atoms with Gasteiger partial charge in [0.05, 0.1) is 18.8 Å². The second-order valence-corrected chi connectivity index (χ2v) is 13.5. The number of hydrogen-bond acceptors (Lipinski definition) is 4. The van der Waals surface area contributed by atoms with E-state index in [9.17, 15) is 20.1 Å². The molecule has 0 spiro atoms. The first-order chi connectivity index (χ1) is 22.1. The number of aliphatic hydroxyl groups is 3. The van der Waals surface area contributed by atoms with Crippen molar-refractivity contribution in [1.82, 2.24) is 5.32 Å². The molecule has 0 aliphatic heterocycles. The highest BCUT2D eigenvalue weighted by molar-refractivity contribution is 5.80. The monoisotopic (exact) mass is 636 g/mol. The maximum Gasteiger partial charge on any atom is 0.249 e. The lowest BCUT2D eigenvalue weighted by atomic mass is 10.0. The molecular formula is C40H77NO4. The average Bonchev–Trinajstić information content (AvgIpc) is 3.04. The summed E-state index contributed by atoms with van der Waals surface area (Å²) in [5, 5.41) is 33.0. The quantitative estimate of drug-likeness (QED) is 0.0412. The number of allylic oxidation sites excluding steroid dienone is 3. The Balaban J connectivity index is 3.75. The van der Waals surface area contributed by atoms with Crippen LogP contribution in [0.3, 0.4) is 0 Å². The van der Waals surface area contributed by atoms with Crippen molar-refractivity contribution in [1.29, 1.82) is 0 Å². The van der Waals surface area contributed by atoms with Gasteiger partial charge in [0.1, 0.15) is 6.10 Å². The summed E-state index contributed by atoms with van der Waals surface area (Å²) in [6.07, 6.45) is 42.0. The van der Waals surface area contributed by atoms with Crippen LogP contribution in [-0.4, -0.2) is 46.1 Å². The van der Waals surface area contributed by atoms with Gasteiger partial charge in [-0.2, -0.15) is 0 Å². The summed E-state index contributed by atoms with van der Waals surface area (Å²) in [5.74, 6) is -0.513. The maximum atomic E-state index is 12.4. The summed E-state index contributed by atoms with van der Waals surface area (Å²) in [6, 6.07) is -0.809. The second-order valence-electron chi connectivity index (χ2n) is 13.5. The van der Waals surface area contributed by atoms with Gasteiger partial charge < -0.3 is 20.6 Å². The molecule has 0 saturated heterocycles. The third-order valence-electron chi connectivity index (χ3n) is 9.04. The standard InChI is InChI=1S/C40H77NO4/c1-3-5-7-9-11-13-15-17-18-19-20-21-23-24-26-28-30-32-34-38(43)37(36-42)41-40(45)39(44)35-33-31-29-27-25-22-16-14-12-10-8-6-4-2/h24,26,32,34,37-39,42-44H,3-23,25,27-31,33,35-36H2,1-2H3,(H,41,45)/b26-24+,34-32+. The normalized spacial score (nSPS) is 14.0. The molecule has 0 aromatic rings. The van der Waals surface area contributed by atoms with E-state index in [1.807, 2.05) is 6.08 Å². The number of aliphatic hydroxyl groups excluding tert-OH is 3. The van der Waals surface area contributed by atoms with Crippen molar-refractivity contribution in [3.05, 3.63) is 24.3 Å². The van der Waals surface area contributed by atoms with Crippen molar-refractivity contribution < 1.29 is 20.1 Å². The van der Waals surface area contributed by atoms with Crippen LogP contribution in [0, 0.1) is 0 Å². The molecule has 0 radical (unpaired) electrons. The Kier molecular flexibility index (Phi) is 34.8. The van der Waals surface area contributed by atoms with Crippen LogP contribution in [0.4, 0.5) is 0 Å². The van der Waals surface area contributed by atoms with Crippen LogP contribution in [-0.2, 0) is 4.79 Å². The predicted molar refractivity (Wildman–Crippen MR) is 195 cm³/mol. The lowest BCUT2D eigenvalue weighted by Gasteiger charge is -2.21. The number of nitrogens with one attached hydrogen (secondary N) is 1. The Labute approximate surface area is 280 Å². The summed E-state index contributed by atoms with van der Waals surface area (Å²) < 4.78 is 0. The summed E-state index contributed by atoms with van der Waals surface area (Å²) >= 11 is 0. The second kappa shape index (κ2) is 35.7. The van der Waals surface area contributed by atoms with Crippen LogP contribution in [0.25, 0.3) is 0 Å². The summed E-state index contributed by atoms with van der Waals surface area (Å²) in [5.41, 5.74) is 0. The summed E-state index contributed by atoms with van der Waals surface area (Å²) in [6.45, 7) is 4.16. The molecule has 5 heteroatoms. The molecule has 0 saturated carbocycles. The van der Waals surface area contributed by atoms with Gasteiger partial charge in [-0.1, -0.05) is 192 Å². The molecular weight excluding hydrogens is 558 g/mol. The van der Waals surface area contributed by atoms with E-state index in [1.165, 1.54) is 141 Å². The van der Waals surface area contributed by atoms with Gasteiger partial charge >= 0.3 is 0 Å². The summed E-state index contributed by atoms with van der Waals surface area (Å²) in [7, 11) is 0. The van der Waals surface area contributed by atoms with Crippen LogP contribution < -0.4 is 5.32 Å². The van der Waals surface area contributed by atoms with E-state index in [-0.39, 0.29) is 6.61 Å². The molecule has 0 rings (SSSR count).